The van der Waals surface area contributed by atoms with Gasteiger partial charge in [0.15, 0.2) is 0 Å². The zero-order valence-corrected chi connectivity index (χ0v) is 14.7. The van der Waals surface area contributed by atoms with Crippen LogP contribution in [-0.4, -0.2) is 15.9 Å². The number of rotatable bonds is 5. The molecule has 1 heterocycles. The lowest BCUT2D eigenvalue weighted by Crippen LogP contribution is -2.12. The number of ether oxygens (including phenoxy) is 1. The molecule has 1 aromatic heterocycles. The first-order chi connectivity index (χ1) is 12.6. The van der Waals surface area contributed by atoms with Gasteiger partial charge in [-0.3, -0.25) is 0 Å². The van der Waals surface area contributed by atoms with Crippen molar-refractivity contribution in [2.24, 2.45) is 0 Å². The van der Waals surface area contributed by atoms with Gasteiger partial charge in [0.1, 0.15) is 5.82 Å². The summed E-state index contributed by atoms with van der Waals surface area (Å²) in [5, 5.41) is 0. The lowest BCUT2D eigenvalue weighted by atomic mass is 10.1. The Balaban J connectivity index is 1.73. The molecule has 0 saturated heterocycles. The predicted molar refractivity (Wildman–Crippen MR) is 97.6 cm³/mol. The first-order valence-electron chi connectivity index (χ1n) is 8.52. The molecule has 4 nitrogen and oxygen atoms in total. The summed E-state index contributed by atoms with van der Waals surface area (Å²) in [7, 11) is 0. The van der Waals surface area contributed by atoms with Crippen LogP contribution in [0, 0.1) is 5.82 Å². The van der Waals surface area contributed by atoms with Crippen LogP contribution in [0.4, 0.5) is 4.39 Å². The van der Waals surface area contributed by atoms with Crippen LogP contribution in [0.3, 0.4) is 0 Å². The molecule has 0 unspecified atom stereocenters. The number of halogens is 1. The minimum absolute atomic E-state index is 0.0305. The molecular weight excluding hydrogens is 331 g/mol. The van der Waals surface area contributed by atoms with Crippen LogP contribution in [0.15, 0.2) is 54.9 Å². The lowest BCUT2D eigenvalue weighted by molar-refractivity contribution is 0.0722. The smallest absolute Gasteiger partial charge is 0.347 e. The van der Waals surface area contributed by atoms with Crippen LogP contribution < -0.4 is 4.74 Å². The van der Waals surface area contributed by atoms with Gasteiger partial charge in [-0.05, 0) is 36.1 Å². The summed E-state index contributed by atoms with van der Waals surface area (Å²) in [6, 6.07) is 12.5. The van der Waals surface area contributed by atoms with E-state index >= 15 is 0 Å². The summed E-state index contributed by atoms with van der Waals surface area (Å²) >= 11 is 0. The first kappa shape index (κ1) is 17.7. The van der Waals surface area contributed by atoms with E-state index in [0.29, 0.717) is 12.1 Å². The molecule has 0 aliphatic carbocycles. The average molecular weight is 350 g/mol. The molecule has 0 fully saturated rings. The number of nitrogens with zero attached hydrogens (tertiary/aromatic N) is 2. The fourth-order valence-corrected chi connectivity index (χ4v) is 2.52. The third-order valence-corrected chi connectivity index (χ3v) is 4.15. The Morgan fingerprint density at radius 3 is 2.23 bits per heavy atom. The maximum absolute atomic E-state index is 14.0. The van der Waals surface area contributed by atoms with Gasteiger partial charge in [-0.15, -0.1) is 0 Å². The van der Waals surface area contributed by atoms with Crippen molar-refractivity contribution in [1.29, 1.82) is 0 Å². The Labute approximate surface area is 151 Å². The van der Waals surface area contributed by atoms with Gasteiger partial charge in [-0.1, -0.05) is 44.2 Å². The Bertz CT molecular complexity index is 906. The lowest BCUT2D eigenvalue weighted by Gasteiger charge is -2.06. The molecule has 5 heteroatoms. The summed E-state index contributed by atoms with van der Waals surface area (Å²) in [5.41, 5.74) is 3.53. The zero-order valence-electron chi connectivity index (χ0n) is 14.7. The van der Waals surface area contributed by atoms with Crippen LogP contribution in [0.2, 0.25) is 0 Å². The molecule has 2 aromatic carbocycles. The SMILES string of the molecule is CCc1ccc(-c2cnc(OC(=O)c3ccc(CC)cc3F)cn2)cc1. The van der Waals surface area contributed by atoms with E-state index in [4.69, 9.17) is 4.74 Å². The Morgan fingerprint density at radius 2 is 1.65 bits per heavy atom. The minimum Gasteiger partial charge on any atom is -0.402 e. The number of hydrogen-bond acceptors (Lipinski definition) is 4. The predicted octanol–water partition coefficient (Wildman–Crippen LogP) is 4.63. The normalized spacial score (nSPS) is 10.6. The maximum Gasteiger partial charge on any atom is 0.347 e. The molecule has 3 aromatic rings. The Kier molecular flexibility index (Phi) is 5.37. The minimum atomic E-state index is -0.792. The molecule has 0 aliphatic rings. The van der Waals surface area contributed by atoms with E-state index in [0.717, 1.165) is 17.5 Å². The molecule has 0 radical (unpaired) electrons. The molecule has 0 N–H and O–H groups in total. The number of benzene rings is 2. The Morgan fingerprint density at radius 1 is 0.962 bits per heavy atom. The summed E-state index contributed by atoms with van der Waals surface area (Å²) in [4.78, 5) is 20.5. The Hall–Kier alpha value is -3.08. The van der Waals surface area contributed by atoms with E-state index in [1.54, 1.807) is 6.07 Å². The van der Waals surface area contributed by atoms with Gasteiger partial charge < -0.3 is 4.74 Å². The standard InChI is InChI=1S/C21H19FN2O2/c1-3-14-5-8-16(9-6-14)19-12-24-20(13-23-19)26-21(25)17-10-7-15(4-2)11-18(17)22/h5-13H,3-4H2,1-2H3. The molecule has 0 aliphatic heterocycles. The van der Waals surface area contributed by atoms with E-state index in [1.165, 1.54) is 30.1 Å². The highest BCUT2D eigenvalue weighted by Crippen LogP contribution is 2.19. The number of hydrogen-bond donors (Lipinski definition) is 0. The quantitative estimate of drug-likeness (QED) is 0.630. The number of aryl methyl sites for hydroxylation is 2. The molecule has 3 rings (SSSR count). The molecule has 0 saturated carbocycles. The van der Waals surface area contributed by atoms with E-state index in [1.807, 2.05) is 31.2 Å². The summed E-state index contributed by atoms with van der Waals surface area (Å²) in [6.45, 7) is 4.01. The highest BCUT2D eigenvalue weighted by atomic mass is 19.1. The van der Waals surface area contributed by atoms with Gasteiger partial charge in [0, 0.05) is 5.56 Å². The second-order valence-corrected chi connectivity index (χ2v) is 5.85. The van der Waals surface area contributed by atoms with Crippen molar-refractivity contribution >= 4 is 5.97 Å². The van der Waals surface area contributed by atoms with Crippen LogP contribution in [0.25, 0.3) is 11.3 Å². The molecule has 0 amide bonds. The topological polar surface area (TPSA) is 52.1 Å². The van der Waals surface area contributed by atoms with Crippen molar-refractivity contribution in [3.05, 3.63) is 77.4 Å². The van der Waals surface area contributed by atoms with Crippen molar-refractivity contribution in [1.82, 2.24) is 9.97 Å². The fourth-order valence-electron chi connectivity index (χ4n) is 2.52. The van der Waals surface area contributed by atoms with Gasteiger partial charge in [-0.2, -0.15) is 0 Å². The van der Waals surface area contributed by atoms with Gasteiger partial charge >= 0.3 is 5.97 Å². The van der Waals surface area contributed by atoms with E-state index in [-0.39, 0.29) is 11.4 Å². The second-order valence-electron chi connectivity index (χ2n) is 5.85. The van der Waals surface area contributed by atoms with Gasteiger partial charge in [0.2, 0.25) is 5.88 Å². The highest BCUT2D eigenvalue weighted by molar-refractivity contribution is 5.91. The van der Waals surface area contributed by atoms with Gasteiger partial charge in [0.05, 0.1) is 23.7 Å². The monoisotopic (exact) mass is 350 g/mol. The second kappa shape index (κ2) is 7.87. The number of esters is 1. The first-order valence-corrected chi connectivity index (χ1v) is 8.52. The van der Waals surface area contributed by atoms with Crippen molar-refractivity contribution in [2.45, 2.75) is 26.7 Å². The molecule has 0 spiro atoms. The maximum atomic E-state index is 14.0. The van der Waals surface area contributed by atoms with Gasteiger partial charge in [0.25, 0.3) is 0 Å². The zero-order chi connectivity index (χ0) is 18.5. The van der Waals surface area contributed by atoms with Crippen LogP contribution in [-0.2, 0) is 12.8 Å². The number of carbonyl (C=O) groups is 1. The van der Waals surface area contributed by atoms with E-state index < -0.39 is 11.8 Å². The molecule has 0 atom stereocenters. The number of carbonyl (C=O) groups excluding carboxylic acids is 1. The third-order valence-electron chi connectivity index (χ3n) is 4.15. The highest BCUT2D eigenvalue weighted by Gasteiger charge is 2.15. The van der Waals surface area contributed by atoms with Crippen molar-refractivity contribution in [2.75, 3.05) is 0 Å². The van der Waals surface area contributed by atoms with Crippen LogP contribution >= 0.6 is 0 Å². The summed E-state index contributed by atoms with van der Waals surface area (Å²) in [5.74, 6) is -1.36. The largest absolute Gasteiger partial charge is 0.402 e. The van der Waals surface area contributed by atoms with Crippen LogP contribution in [0.1, 0.15) is 35.3 Å². The molecule has 132 valence electrons. The fraction of sp³-hybridized carbons (Fsp3) is 0.190. The van der Waals surface area contributed by atoms with Crippen molar-refractivity contribution in [3.8, 4) is 17.1 Å². The molecular formula is C21H19FN2O2. The third kappa shape index (κ3) is 3.94. The van der Waals surface area contributed by atoms with E-state index in [9.17, 15) is 9.18 Å². The average Bonchev–Trinajstić information content (AvgIpc) is 2.68. The van der Waals surface area contributed by atoms with Crippen molar-refractivity contribution < 1.29 is 13.9 Å². The molecule has 26 heavy (non-hydrogen) atoms. The summed E-state index contributed by atoms with van der Waals surface area (Å²) in [6.07, 6.45) is 4.55. The summed E-state index contributed by atoms with van der Waals surface area (Å²) < 4.78 is 19.1. The van der Waals surface area contributed by atoms with Crippen LogP contribution in [0.5, 0.6) is 5.88 Å². The van der Waals surface area contributed by atoms with E-state index in [2.05, 4.69) is 16.9 Å². The van der Waals surface area contributed by atoms with Crippen molar-refractivity contribution in [3.63, 3.8) is 0 Å². The molecule has 0 bridgehead atoms. The number of aromatic nitrogens is 2. The van der Waals surface area contributed by atoms with Gasteiger partial charge in [-0.25, -0.2) is 19.2 Å².